The van der Waals surface area contributed by atoms with Crippen LogP contribution in [0.15, 0.2) is 60.8 Å². The van der Waals surface area contributed by atoms with Gasteiger partial charge in [-0.2, -0.15) is 0 Å². The van der Waals surface area contributed by atoms with Gasteiger partial charge in [-0.05, 0) is 58.3 Å². The lowest BCUT2D eigenvalue weighted by Gasteiger charge is -1.98. The predicted octanol–water partition coefficient (Wildman–Crippen LogP) is 8.45. The van der Waals surface area contributed by atoms with Crippen molar-refractivity contribution >= 4 is 6.29 Å². The lowest BCUT2D eigenvalue weighted by Crippen LogP contribution is -1.80. The molecule has 2 nitrogen and oxygen atoms in total. The van der Waals surface area contributed by atoms with Crippen LogP contribution >= 0.6 is 0 Å². The molecule has 0 aromatic carbocycles. The van der Waals surface area contributed by atoms with Gasteiger partial charge in [0.15, 0.2) is 0 Å². The summed E-state index contributed by atoms with van der Waals surface area (Å²) in [7, 11) is 0. The standard InChI is InChI=1S/C16H28O.C12H20O/c1-2-3-4-5-6-7-8-9-10-11-12-13-14-15-16-17;1-2-3-4-5-6-7-8-9-10-11-12-13/h2-3,6-7,16H,4-5,8-15H2,1H3;4-7,9-10,13H,2-3,8,11-12H2,1H3/b3-2+,7-6+;5-4+,7-6-,10-9-. The molecule has 0 amide bonds. The number of hydrogen-bond donors (Lipinski definition) is 1. The van der Waals surface area contributed by atoms with E-state index in [1.54, 1.807) is 0 Å². The summed E-state index contributed by atoms with van der Waals surface area (Å²) < 4.78 is 0. The third kappa shape index (κ3) is 33.9. The van der Waals surface area contributed by atoms with Gasteiger partial charge in [-0.1, -0.05) is 99.8 Å². The molecule has 0 atom stereocenters. The number of rotatable bonds is 19. The van der Waals surface area contributed by atoms with Crippen LogP contribution in [-0.4, -0.2) is 18.0 Å². The van der Waals surface area contributed by atoms with Crippen LogP contribution in [0.4, 0.5) is 0 Å². The Morgan fingerprint density at radius 1 is 0.600 bits per heavy atom. The van der Waals surface area contributed by atoms with Crippen LogP contribution in [0.5, 0.6) is 0 Å². The van der Waals surface area contributed by atoms with E-state index in [0.717, 1.165) is 38.4 Å². The monoisotopic (exact) mass is 416 g/mol. The molecule has 0 bridgehead atoms. The second-order valence-corrected chi connectivity index (χ2v) is 7.35. The number of allylic oxidation sites excluding steroid dienone is 9. The van der Waals surface area contributed by atoms with Gasteiger partial charge in [-0.15, -0.1) is 0 Å². The average molecular weight is 417 g/mol. The van der Waals surface area contributed by atoms with E-state index >= 15 is 0 Å². The van der Waals surface area contributed by atoms with Gasteiger partial charge in [0.2, 0.25) is 0 Å². The van der Waals surface area contributed by atoms with E-state index in [1.807, 2.05) is 6.08 Å². The quantitative estimate of drug-likeness (QED) is 0.0992. The second kappa shape index (κ2) is 32.0. The van der Waals surface area contributed by atoms with Gasteiger partial charge in [0.25, 0.3) is 0 Å². The smallest absolute Gasteiger partial charge is 0.119 e. The first-order valence-electron chi connectivity index (χ1n) is 12.1. The Labute approximate surface area is 187 Å². The lowest BCUT2D eigenvalue weighted by atomic mass is 10.1. The van der Waals surface area contributed by atoms with Crippen LogP contribution in [0.2, 0.25) is 0 Å². The summed E-state index contributed by atoms with van der Waals surface area (Å²) in [5.41, 5.74) is 0. The molecular formula is C28H48O2. The molecule has 0 aliphatic carbocycles. The summed E-state index contributed by atoms with van der Waals surface area (Å²) >= 11 is 0. The minimum atomic E-state index is 0.247. The maximum absolute atomic E-state index is 10.1. The van der Waals surface area contributed by atoms with E-state index in [2.05, 4.69) is 68.5 Å². The van der Waals surface area contributed by atoms with E-state index in [-0.39, 0.29) is 6.61 Å². The minimum Gasteiger partial charge on any atom is -0.396 e. The van der Waals surface area contributed by atoms with Crippen molar-refractivity contribution in [1.29, 1.82) is 0 Å². The second-order valence-electron chi connectivity index (χ2n) is 7.35. The Morgan fingerprint density at radius 2 is 1.20 bits per heavy atom. The molecular weight excluding hydrogens is 368 g/mol. The Bertz CT molecular complexity index is 455. The van der Waals surface area contributed by atoms with E-state index in [4.69, 9.17) is 5.11 Å². The van der Waals surface area contributed by atoms with Crippen LogP contribution in [0.25, 0.3) is 0 Å². The zero-order valence-corrected chi connectivity index (χ0v) is 19.8. The van der Waals surface area contributed by atoms with E-state index in [1.165, 1.54) is 57.8 Å². The van der Waals surface area contributed by atoms with Gasteiger partial charge in [0.1, 0.15) is 6.29 Å². The SMILES string of the molecule is C/C=C/CC/C=C/CCCCCCCCC=O.CCC/C=C/C=C\C/C=C\CCO. The molecule has 0 radical (unpaired) electrons. The summed E-state index contributed by atoms with van der Waals surface area (Å²) in [6.07, 6.45) is 38.4. The predicted molar refractivity (Wildman–Crippen MR) is 135 cm³/mol. The molecule has 0 fully saturated rings. The van der Waals surface area contributed by atoms with Crippen molar-refractivity contribution in [2.45, 2.75) is 104 Å². The third-order valence-corrected chi connectivity index (χ3v) is 4.42. The van der Waals surface area contributed by atoms with Gasteiger partial charge >= 0.3 is 0 Å². The van der Waals surface area contributed by atoms with Gasteiger partial charge < -0.3 is 9.90 Å². The van der Waals surface area contributed by atoms with Crippen molar-refractivity contribution in [3.63, 3.8) is 0 Å². The first-order chi connectivity index (χ1) is 14.8. The van der Waals surface area contributed by atoms with E-state index in [0.29, 0.717) is 0 Å². The fourth-order valence-corrected chi connectivity index (χ4v) is 2.66. The summed E-state index contributed by atoms with van der Waals surface area (Å²) in [4.78, 5) is 10.1. The zero-order valence-electron chi connectivity index (χ0n) is 19.8. The van der Waals surface area contributed by atoms with Crippen LogP contribution < -0.4 is 0 Å². The summed E-state index contributed by atoms with van der Waals surface area (Å²) in [6, 6.07) is 0. The van der Waals surface area contributed by atoms with E-state index in [9.17, 15) is 4.79 Å². The molecule has 0 aromatic rings. The molecule has 30 heavy (non-hydrogen) atoms. The van der Waals surface area contributed by atoms with Crippen molar-refractivity contribution in [1.82, 2.24) is 0 Å². The average Bonchev–Trinajstić information content (AvgIpc) is 2.76. The van der Waals surface area contributed by atoms with Crippen molar-refractivity contribution in [2.24, 2.45) is 0 Å². The molecule has 0 saturated carbocycles. The van der Waals surface area contributed by atoms with Gasteiger partial charge in [0.05, 0.1) is 0 Å². The molecule has 1 N–H and O–H groups in total. The molecule has 0 aliphatic heterocycles. The van der Waals surface area contributed by atoms with Gasteiger partial charge in [-0.3, -0.25) is 0 Å². The van der Waals surface area contributed by atoms with Gasteiger partial charge in [0, 0.05) is 13.0 Å². The Kier molecular flexibility index (Phi) is 32.6. The topological polar surface area (TPSA) is 37.3 Å². The van der Waals surface area contributed by atoms with Crippen LogP contribution in [0.1, 0.15) is 104 Å². The molecule has 0 aliphatic rings. The first kappa shape index (κ1) is 30.5. The largest absolute Gasteiger partial charge is 0.396 e. The Morgan fingerprint density at radius 3 is 1.87 bits per heavy atom. The molecule has 0 rings (SSSR count). The van der Waals surface area contributed by atoms with Crippen molar-refractivity contribution < 1.29 is 9.90 Å². The van der Waals surface area contributed by atoms with Crippen LogP contribution in [0.3, 0.4) is 0 Å². The Balaban J connectivity index is 0. The first-order valence-corrected chi connectivity index (χ1v) is 12.1. The number of carbonyl (C=O) groups excluding carboxylic acids is 1. The highest BCUT2D eigenvalue weighted by molar-refractivity contribution is 5.48. The van der Waals surface area contributed by atoms with Crippen LogP contribution in [0, 0.1) is 0 Å². The molecule has 2 heteroatoms. The molecule has 0 aromatic heterocycles. The maximum atomic E-state index is 10.1. The molecule has 172 valence electrons. The number of unbranched alkanes of at least 4 members (excludes halogenated alkanes) is 9. The number of carbonyl (C=O) groups is 1. The van der Waals surface area contributed by atoms with Crippen LogP contribution in [-0.2, 0) is 4.79 Å². The summed E-state index contributed by atoms with van der Waals surface area (Å²) in [5.74, 6) is 0. The molecule has 0 heterocycles. The maximum Gasteiger partial charge on any atom is 0.119 e. The fourth-order valence-electron chi connectivity index (χ4n) is 2.66. The summed E-state index contributed by atoms with van der Waals surface area (Å²) in [6.45, 7) is 4.49. The number of aliphatic hydroxyl groups excluding tert-OH is 1. The highest BCUT2D eigenvalue weighted by Gasteiger charge is 1.90. The molecule has 0 spiro atoms. The zero-order chi connectivity index (χ0) is 22.4. The molecule has 0 saturated heterocycles. The number of hydrogen-bond acceptors (Lipinski definition) is 2. The highest BCUT2D eigenvalue weighted by Crippen LogP contribution is 2.08. The summed E-state index contributed by atoms with van der Waals surface area (Å²) in [5, 5.41) is 8.49. The Hall–Kier alpha value is -1.67. The lowest BCUT2D eigenvalue weighted by molar-refractivity contribution is -0.107. The fraction of sp³-hybridized carbons (Fsp3) is 0.607. The van der Waals surface area contributed by atoms with Crippen molar-refractivity contribution in [2.75, 3.05) is 6.61 Å². The normalized spacial score (nSPS) is 12.0. The van der Waals surface area contributed by atoms with E-state index < -0.39 is 0 Å². The highest BCUT2D eigenvalue weighted by atomic mass is 16.2. The minimum absolute atomic E-state index is 0.247. The molecule has 0 unspecified atom stereocenters. The van der Waals surface area contributed by atoms with Gasteiger partial charge in [-0.25, -0.2) is 0 Å². The number of aldehydes is 1. The van der Waals surface area contributed by atoms with Crippen molar-refractivity contribution in [3.8, 4) is 0 Å². The number of aliphatic hydroxyl groups is 1. The third-order valence-electron chi connectivity index (χ3n) is 4.42. The van der Waals surface area contributed by atoms with Crippen molar-refractivity contribution in [3.05, 3.63) is 60.8 Å².